The molecule has 1 fully saturated rings. The first-order valence-electron chi connectivity index (χ1n) is 10.4. The van der Waals surface area contributed by atoms with Crippen molar-refractivity contribution < 1.29 is 22.7 Å². The molecule has 1 saturated heterocycles. The quantitative estimate of drug-likeness (QED) is 0.610. The van der Waals surface area contributed by atoms with Gasteiger partial charge in [-0.25, -0.2) is 8.42 Å². The Bertz CT molecular complexity index is 829. The van der Waals surface area contributed by atoms with Gasteiger partial charge >= 0.3 is 0 Å². The minimum atomic E-state index is -3.60. The molecular weight excluding hydrogens is 406 g/mol. The number of sulfonamides is 1. The van der Waals surface area contributed by atoms with Crippen molar-refractivity contribution in [1.82, 2.24) is 14.9 Å². The zero-order chi connectivity index (χ0) is 22.4. The highest BCUT2D eigenvalue weighted by atomic mass is 32.2. The fourth-order valence-electron chi connectivity index (χ4n) is 3.31. The molecule has 1 aromatic carbocycles. The molecule has 0 unspecified atom stereocenters. The first-order valence-corrected chi connectivity index (χ1v) is 11.8. The predicted octanol–water partition coefficient (Wildman–Crippen LogP) is 1.76. The zero-order valence-corrected chi connectivity index (χ0v) is 19.0. The van der Waals surface area contributed by atoms with Crippen LogP contribution in [-0.2, 0) is 19.6 Å². The van der Waals surface area contributed by atoms with E-state index >= 15 is 0 Å². The van der Waals surface area contributed by atoms with E-state index in [-0.39, 0.29) is 42.3 Å². The van der Waals surface area contributed by atoms with Crippen molar-refractivity contribution >= 4 is 21.8 Å². The van der Waals surface area contributed by atoms with E-state index in [0.717, 1.165) is 0 Å². The monoisotopic (exact) mass is 439 g/mol. The topological polar surface area (TPSA) is 105 Å². The summed E-state index contributed by atoms with van der Waals surface area (Å²) in [7, 11) is -3.60. The van der Waals surface area contributed by atoms with Crippen LogP contribution in [0.3, 0.4) is 0 Å². The highest BCUT2D eigenvalue weighted by Gasteiger charge is 2.33. The van der Waals surface area contributed by atoms with E-state index in [1.165, 1.54) is 4.31 Å². The number of amides is 2. The Labute approximate surface area is 179 Å². The predicted molar refractivity (Wildman–Crippen MR) is 115 cm³/mol. The number of hydrogen-bond acceptors (Lipinski definition) is 5. The molecule has 0 atom stereocenters. The first-order chi connectivity index (χ1) is 14.1. The molecule has 0 bridgehead atoms. The third-order valence-corrected chi connectivity index (χ3v) is 7.17. The number of ether oxygens (including phenoxy) is 1. The van der Waals surface area contributed by atoms with Gasteiger partial charge in [0.1, 0.15) is 5.75 Å². The molecule has 8 nitrogen and oxygen atoms in total. The van der Waals surface area contributed by atoms with Gasteiger partial charge in [0.15, 0.2) is 0 Å². The summed E-state index contributed by atoms with van der Waals surface area (Å²) in [5.74, 6) is 0.122. The van der Waals surface area contributed by atoms with Crippen molar-refractivity contribution in [3.05, 3.63) is 24.3 Å². The van der Waals surface area contributed by atoms with E-state index in [2.05, 4.69) is 10.6 Å². The summed E-state index contributed by atoms with van der Waals surface area (Å²) < 4.78 is 32.5. The highest BCUT2D eigenvalue weighted by Crippen LogP contribution is 2.25. The molecular formula is C21H33N3O5S. The molecule has 0 spiro atoms. The third-order valence-electron chi connectivity index (χ3n) is 5.25. The van der Waals surface area contributed by atoms with E-state index in [0.29, 0.717) is 31.7 Å². The number of nitrogens with one attached hydrogen (secondary N) is 2. The number of benzene rings is 1. The van der Waals surface area contributed by atoms with Crippen LogP contribution in [0.4, 0.5) is 0 Å². The lowest BCUT2D eigenvalue weighted by Crippen LogP contribution is -2.48. The van der Waals surface area contributed by atoms with E-state index in [1.807, 2.05) is 13.8 Å². The molecule has 168 valence electrons. The Kier molecular flexibility index (Phi) is 8.25. The second-order valence-electron chi connectivity index (χ2n) is 8.04. The number of carbonyl (C=O) groups excluding carboxylic acids is 2. The molecule has 1 aromatic rings. The maximum atomic E-state index is 12.9. The van der Waals surface area contributed by atoms with Crippen LogP contribution in [0, 0.1) is 11.3 Å². The van der Waals surface area contributed by atoms with Crippen LogP contribution in [0.1, 0.15) is 40.5 Å². The molecule has 9 heteroatoms. The van der Waals surface area contributed by atoms with Crippen LogP contribution in [0.15, 0.2) is 29.2 Å². The Morgan fingerprint density at radius 2 is 1.70 bits per heavy atom. The third kappa shape index (κ3) is 5.95. The van der Waals surface area contributed by atoms with E-state index in [1.54, 1.807) is 38.1 Å². The number of rotatable bonds is 9. The lowest BCUT2D eigenvalue weighted by atomic mass is 9.91. The summed E-state index contributed by atoms with van der Waals surface area (Å²) in [4.78, 5) is 24.8. The van der Waals surface area contributed by atoms with Crippen molar-refractivity contribution in [3.8, 4) is 5.75 Å². The van der Waals surface area contributed by atoms with Gasteiger partial charge in [-0.15, -0.1) is 0 Å². The van der Waals surface area contributed by atoms with Crippen LogP contribution >= 0.6 is 0 Å². The van der Waals surface area contributed by atoms with Gasteiger partial charge in [0.25, 0.3) is 0 Å². The van der Waals surface area contributed by atoms with Crippen molar-refractivity contribution in [1.29, 1.82) is 0 Å². The Morgan fingerprint density at radius 1 is 1.10 bits per heavy atom. The fraction of sp³-hybridized carbons (Fsp3) is 0.619. The molecule has 0 aliphatic carbocycles. The van der Waals surface area contributed by atoms with Crippen molar-refractivity contribution in [2.75, 3.05) is 32.8 Å². The fourth-order valence-corrected chi connectivity index (χ4v) is 4.78. The molecule has 30 heavy (non-hydrogen) atoms. The van der Waals surface area contributed by atoms with Crippen LogP contribution in [0.5, 0.6) is 5.75 Å². The lowest BCUT2D eigenvalue weighted by Gasteiger charge is -2.31. The lowest BCUT2D eigenvalue weighted by molar-refractivity contribution is -0.130. The van der Waals surface area contributed by atoms with Crippen LogP contribution in [0.2, 0.25) is 0 Å². The van der Waals surface area contributed by atoms with Crippen LogP contribution < -0.4 is 15.4 Å². The average molecular weight is 440 g/mol. The minimum Gasteiger partial charge on any atom is -0.494 e. The second-order valence-corrected chi connectivity index (χ2v) is 9.98. The molecule has 1 aliphatic heterocycles. The van der Waals surface area contributed by atoms with Crippen molar-refractivity contribution in [2.45, 2.75) is 45.4 Å². The van der Waals surface area contributed by atoms with Gasteiger partial charge < -0.3 is 15.4 Å². The normalized spacial score (nSPS) is 16.1. The maximum absolute atomic E-state index is 12.9. The number of piperidine rings is 1. The summed E-state index contributed by atoms with van der Waals surface area (Å²) in [6.45, 7) is 9.14. The summed E-state index contributed by atoms with van der Waals surface area (Å²) in [5, 5.41) is 5.62. The van der Waals surface area contributed by atoms with Gasteiger partial charge in [0, 0.05) is 32.1 Å². The SMILES string of the molecule is CCNC(=O)C(C)(C)CNC(=O)C1CCN(S(=O)(=O)c2ccc(OCC)cc2)CC1. The Balaban J connectivity index is 1.90. The maximum Gasteiger partial charge on any atom is 0.243 e. The first kappa shape index (κ1) is 24.1. The Morgan fingerprint density at radius 3 is 2.23 bits per heavy atom. The summed E-state index contributed by atoms with van der Waals surface area (Å²) in [5.41, 5.74) is -0.705. The molecule has 0 radical (unpaired) electrons. The number of nitrogens with zero attached hydrogens (tertiary/aromatic N) is 1. The van der Waals surface area contributed by atoms with Gasteiger partial charge in [-0.3, -0.25) is 9.59 Å². The smallest absolute Gasteiger partial charge is 0.243 e. The van der Waals surface area contributed by atoms with Gasteiger partial charge in [0.2, 0.25) is 21.8 Å². The summed E-state index contributed by atoms with van der Waals surface area (Å²) >= 11 is 0. The van der Waals surface area contributed by atoms with E-state index in [9.17, 15) is 18.0 Å². The summed E-state index contributed by atoms with van der Waals surface area (Å²) in [6, 6.07) is 6.38. The average Bonchev–Trinajstić information content (AvgIpc) is 2.73. The van der Waals surface area contributed by atoms with Crippen molar-refractivity contribution in [3.63, 3.8) is 0 Å². The summed E-state index contributed by atoms with van der Waals surface area (Å²) in [6.07, 6.45) is 0.896. The molecule has 1 aliphatic rings. The standard InChI is InChI=1S/C21H33N3O5S/c1-5-22-20(26)21(3,4)15-23-19(25)16-11-13-24(14-12-16)30(27,28)18-9-7-17(8-10-18)29-6-2/h7-10,16H,5-6,11-15H2,1-4H3,(H,22,26)(H,23,25). The van der Waals surface area contributed by atoms with Gasteiger partial charge in [-0.1, -0.05) is 0 Å². The van der Waals surface area contributed by atoms with E-state index < -0.39 is 15.4 Å². The molecule has 2 rings (SSSR count). The van der Waals surface area contributed by atoms with E-state index in [4.69, 9.17) is 4.74 Å². The van der Waals surface area contributed by atoms with Crippen LogP contribution in [0.25, 0.3) is 0 Å². The molecule has 2 amide bonds. The van der Waals surface area contributed by atoms with Crippen LogP contribution in [-0.4, -0.2) is 57.3 Å². The number of hydrogen-bond donors (Lipinski definition) is 2. The van der Waals surface area contributed by atoms with Gasteiger partial charge in [-0.05, 0) is 64.8 Å². The highest BCUT2D eigenvalue weighted by molar-refractivity contribution is 7.89. The Hall–Kier alpha value is -2.13. The molecule has 1 heterocycles. The molecule has 0 saturated carbocycles. The minimum absolute atomic E-state index is 0.110. The second kappa shape index (κ2) is 10.3. The largest absolute Gasteiger partial charge is 0.494 e. The van der Waals surface area contributed by atoms with Gasteiger partial charge in [0.05, 0.1) is 16.9 Å². The number of carbonyl (C=O) groups is 2. The molecule has 2 N–H and O–H groups in total. The van der Waals surface area contributed by atoms with Gasteiger partial charge in [-0.2, -0.15) is 4.31 Å². The zero-order valence-electron chi connectivity index (χ0n) is 18.2. The molecule has 0 aromatic heterocycles. The van der Waals surface area contributed by atoms with Crippen molar-refractivity contribution in [2.24, 2.45) is 11.3 Å².